The minimum Gasteiger partial charge on any atom is -0.481 e. The van der Waals surface area contributed by atoms with Gasteiger partial charge in [0.15, 0.2) is 0 Å². The molecule has 3 rings (SSSR count). The number of fused-ring (bicyclic) bond motifs is 1. The van der Waals surface area contributed by atoms with E-state index in [0.717, 1.165) is 30.8 Å². The number of hydrogen-bond donors (Lipinski definition) is 1. The van der Waals surface area contributed by atoms with Gasteiger partial charge >= 0.3 is 0 Å². The molecule has 0 radical (unpaired) electrons. The number of nitrogens with zero attached hydrogens (tertiary/aromatic N) is 2. The van der Waals surface area contributed by atoms with Crippen LogP contribution in [0.1, 0.15) is 11.1 Å². The number of rotatable bonds is 3. The molecule has 4 nitrogen and oxygen atoms in total. The van der Waals surface area contributed by atoms with Crippen molar-refractivity contribution in [3.8, 4) is 5.88 Å². The van der Waals surface area contributed by atoms with Crippen molar-refractivity contribution in [2.45, 2.75) is 13.0 Å². The van der Waals surface area contributed by atoms with Crippen LogP contribution in [0.25, 0.3) is 0 Å². The molecule has 0 spiro atoms. The average molecular weight is 255 g/mol. The molecule has 1 aromatic heterocycles. The predicted octanol–water partition coefficient (Wildman–Crippen LogP) is 2.24. The molecular weight excluding hydrogens is 238 g/mol. The topological polar surface area (TPSA) is 51.4 Å². The Hall–Kier alpha value is -2.23. The fourth-order valence-electron chi connectivity index (χ4n) is 2.63. The van der Waals surface area contributed by atoms with Gasteiger partial charge in [0.1, 0.15) is 0 Å². The maximum atomic E-state index is 6.02. The van der Waals surface area contributed by atoms with Gasteiger partial charge in [-0.3, -0.25) is 0 Å². The molecule has 0 amide bonds. The number of nitrogen functional groups attached to an aromatic ring is 1. The lowest BCUT2D eigenvalue weighted by Crippen LogP contribution is -2.20. The first-order valence-electron chi connectivity index (χ1n) is 6.40. The SMILES string of the molecule is COc1ncccc1CN1CCc2c(N)cccc21. The summed E-state index contributed by atoms with van der Waals surface area (Å²) in [5.74, 6) is 0.694. The monoisotopic (exact) mass is 255 g/mol. The maximum Gasteiger partial charge on any atom is 0.218 e. The summed E-state index contributed by atoms with van der Waals surface area (Å²) in [4.78, 5) is 6.56. The number of benzene rings is 1. The van der Waals surface area contributed by atoms with Gasteiger partial charge in [0, 0.05) is 41.8 Å². The molecule has 4 heteroatoms. The van der Waals surface area contributed by atoms with E-state index >= 15 is 0 Å². The first kappa shape index (κ1) is 11.8. The Morgan fingerprint density at radius 2 is 2.21 bits per heavy atom. The van der Waals surface area contributed by atoms with Crippen molar-refractivity contribution in [3.05, 3.63) is 47.7 Å². The molecule has 98 valence electrons. The maximum absolute atomic E-state index is 6.02. The van der Waals surface area contributed by atoms with E-state index in [1.165, 1.54) is 11.3 Å². The summed E-state index contributed by atoms with van der Waals surface area (Å²) >= 11 is 0. The number of pyridine rings is 1. The van der Waals surface area contributed by atoms with Gasteiger partial charge in [-0.2, -0.15) is 0 Å². The molecule has 2 heterocycles. The van der Waals surface area contributed by atoms with Crippen LogP contribution in [-0.2, 0) is 13.0 Å². The van der Waals surface area contributed by atoms with Crippen molar-refractivity contribution in [2.75, 3.05) is 24.3 Å². The lowest BCUT2D eigenvalue weighted by atomic mass is 10.1. The van der Waals surface area contributed by atoms with Gasteiger partial charge in [0.05, 0.1) is 7.11 Å². The van der Waals surface area contributed by atoms with Crippen LogP contribution in [-0.4, -0.2) is 18.6 Å². The molecule has 1 aromatic carbocycles. The van der Waals surface area contributed by atoms with E-state index in [-0.39, 0.29) is 0 Å². The van der Waals surface area contributed by atoms with E-state index in [4.69, 9.17) is 10.5 Å². The molecule has 0 saturated carbocycles. The van der Waals surface area contributed by atoms with E-state index in [2.05, 4.69) is 22.0 Å². The smallest absolute Gasteiger partial charge is 0.218 e. The summed E-state index contributed by atoms with van der Waals surface area (Å²) in [6.07, 6.45) is 2.75. The Balaban J connectivity index is 1.89. The summed E-state index contributed by atoms with van der Waals surface area (Å²) in [5, 5.41) is 0. The second-order valence-electron chi connectivity index (χ2n) is 4.69. The summed E-state index contributed by atoms with van der Waals surface area (Å²) in [5.41, 5.74) is 10.5. The molecule has 0 aliphatic carbocycles. The molecule has 2 aromatic rings. The number of anilines is 2. The van der Waals surface area contributed by atoms with Crippen LogP contribution in [0, 0.1) is 0 Å². The lowest BCUT2D eigenvalue weighted by Gasteiger charge is -2.20. The normalized spacial score (nSPS) is 13.4. The third-order valence-electron chi connectivity index (χ3n) is 3.56. The number of hydrogen-bond acceptors (Lipinski definition) is 4. The second-order valence-corrected chi connectivity index (χ2v) is 4.69. The van der Waals surface area contributed by atoms with Gasteiger partial charge in [-0.05, 0) is 24.6 Å². The van der Waals surface area contributed by atoms with Gasteiger partial charge < -0.3 is 15.4 Å². The standard InChI is InChI=1S/C15H17N3O/c1-19-15-11(4-3-8-17-15)10-18-9-7-12-13(16)5-2-6-14(12)18/h2-6,8H,7,9-10,16H2,1H3. The molecule has 2 N–H and O–H groups in total. The zero-order valence-electron chi connectivity index (χ0n) is 11.0. The Bertz CT molecular complexity index is 598. The van der Waals surface area contributed by atoms with Crippen molar-refractivity contribution >= 4 is 11.4 Å². The fourth-order valence-corrected chi connectivity index (χ4v) is 2.63. The van der Waals surface area contributed by atoms with E-state index in [1.807, 2.05) is 18.2 Å². The fraction of sp³-hybridized carbons (Fsp3) is 0.267. The molecule has 1 aliphatic rings. The van der Waals surface area contributed by atoms with Crippen molar-refractivity contribution in [1.29, 1.82) is 0 Å². The number of ether oxygens (including phenoxy) is 1. The first-order valence-corrected chi connectivity index (χ1v) is 6.40. The van der Waals surface area contributed by atoms with Crippen molar-refractivity contribution < 1.29 is 4.74 Å². The van der Waals surface area contributed by atoms with Crippen LogP contribution in [0.5, 0.6) is 5.88 Å². The van der Waals surface area contributed by atoms with Crippen LogP contribution in [0.3, 0.4) is 0 Å². The highest BCUT2D eigenvalue weighted by Crippen LogP contribution is 2.33. The Morgan fingerprint density at radius 3 is 3.05 bits per heavy atom. The van der Waals surface area contributed by atoms with E-state index < -0.39 is 0 Å². The third-order valence-corrected chi connectivity index (χ3v) is 3.56. The molecule has 1 aliphatic heterocycles. The van der Waals surface area contributed by atoms with Crippen LogP contribution >= 0.6 is 0 Å². The van der Waals surface area contributed by atoms with Crippen molar-refractivity contribution in [1.82, 2.24) is 4.98 Å². The molecular formula is C15H17N3O. The predicted molar refractivity (Wildman–Crippen MR) is 76.4 cm³/mol. The largest absolute Gasteiger partial charge is 0.481 e. The highest BCUT2D eigenvalue weighted by Gasteiger charge is 2.21. The van der Waals surface area contributed by atoms with Gasteiger partial charge in [-0.1, -0.05) is 12.1 Å². The highest BCUT2D eigenvalue weighted by atomic mass is 16.5. The summed E-state index contributed by atoms with van der Waals surface area (Å²) < 4.78 is 5.30. The second kappa shape index (κ2) is 4.80. The molecule has 19 heavy (non-hydrogen) atoms. The first-order chi connectivity index (χ1) is 9.29. The molecule has 0 bridgehead atoms. The quantitative estimate of drug-likeness (QED) is 0.855. The van der Waals surface area contributed by atoms with Gasteiger partial charge in [-0.15, -0.1) is 0 Å². The summed E-state index contributed by atoms with van der Waals surface area (Å²) in [7, 11) is 1.65. The Labute approximate surface area is 112 Å². The Morgan fingerprint density at radius 1 is 1.32 bits per heavy atom. The van der Waals surface area contributed by atoms with Crippen LogP contribution in [0.2, 0.25) is 0 Å². The zero-order valence-corrected chi connectivity index (χ0v) is 11.0. The van der Waals surface area contributed by atoms with Crippen LogP contribution < -0.4 is 15.4 Å². The zero-order chi connectivity index (χ0) is 13.2. The van der Waals surface area contributed by atoms with Crippen LogP contribution in [0.4, 0.5) is 11.4 Å². The highest BCUT2D eigenvalue weighted by molar-refractivity contribution is 5.68. The molecule has 0 unspecified atom stereocenters. The molecule has 0 fully saturated rings. The Kier molecular flexibility index (Phi) is 2.99. The van der Waals surface area contributed by atoms with Crippen molar-refractivity contribution in [2.24, 2.45) is 0 Å². The molecule has 0 atom stereocenters. The minimum absolute atomic E-state index is 0.694. The van der Waals surface area contributed by atoms with Crippen molar-refractivity contribution in [3.63, 3.8) is 0 Å². The average Bonchev–Trinajstić information content (AvgIpc) is 2.84. The summed E-state index contributed by atoms with van der Waals surface area (Å²) in [6, 6.07) is 10.1. The number of aromatic nitrogens is 1. The molecule has 0 saturated heterocycles. The van der Waals surface area contributed by atoms with E-state index in [1.54, 1.807) is 13.3 Å². The van der Waals surface area contributed by atoms with Gasteiger partial charge in [0.25, 0.3) is 0 Å². The van der Waals surface area contributed by atoms with Gasteiger partial charge in [0.2, 0.25) is 5.88 Å². The number of nitrogens with two attached hydrogens (primary N) is 1. The van der Waals surface area contributed by atoms with E-state index in [0.29, 0.717) is 5.88 Å². The third kappa shape index (κ3) is 2.10. The lowest BCUT2D eigenvalue weighted by molar-refractivity contribution is 0.392. The van der Waals surface area contributed by atoms with Crippen LogP contribution in [0.15, 0.2) is 36.5 Å². The minimum atomic E-state index is 0.694. The summed E-state index contributed by atoms with van der Waals surface area (Å²) in [6.45, 7) is 1.79. The van der Waals surface area contributed by atoms with E-state index in [9.17, 15) is 0 Å². The van der Waals surface area contributed by atoms with Gasteiger partial charge in [-0.25, -0.2) is 4.98 Å². The number of methoxy groups -OCH3 is 1.